The first-order valence-corrected chi connectivity index (χ1v) is 9.42. The highest BCUT2D eigenvalue weighted by molar-refractivity contribution is 5.85. The summed E-state index contributed by atoms with van der Waals surface area (Å²) in [5, 5.41) is 8.10. The van der Waals surface area contributed by atoms with Crippen LogP contribution in [-0.2, 0) is 4.74 Å². The van der Waals surface area contributed by atoms with E-state index in [0.717, 1.165) is 69.4 Å². The van der Waals surface area contributed by atoms with Gasteiger partial charge in [-0.3, -0.25) is 4.90 Å². The molecule has 0 spiro atoms. The van der Waals surface area contributed by atoms with Crippen molar-refractivity contribution in [1.82, 2.24) is 19.5 Å². The highest BCUT2D eigenvalue weighted by Crippen LogP contribution is 2.11. The largest absolute Gasteiger partial charge is 0.379 e. The molecule has 3 rings (SSSR count). The molecule has 0 radical (unpaired) electrons. The molecule has 2 aromatic rings. The molecule has 1 N–H and O–H groups in total. The number of ether oxygens (including phenoxy) is 1. The Kier molecular flexibility index (Phi) is 8.88. The summed E-state index contributed by atoms with van der Waals surface area (Å²) in [5.74, 6) is 0.899. The molecule has 1 fully saturated rings. The lowest BCUT2D eigenvalue weighted by Gasteiger charge is -2.26. The van der Waals surface area contributed by atoms with Crippen molar-refractivity contribution in [3.8, 4) is 0 Å². The zero-order valence-electron chi connectivity index (χ0n) is 15.6. The monoisotopic (exact) mass is 379 g/mol. The van der Waals surface area contributed by atoms with E-state index in [1.54, 1.807) is 0 Å². The van der Waals surface area contributed by atoms with E-state index in [-0.39, 0.29) is 12.4 Å². The van der Waals surface area contributed by atoms with Crippen LogP contribution in [0, 0.1) is 0 Å². The lowest BCUT2D eigenvalue weighted by Crippen LogP contribution is -2.37. The van der Waals surface area contributed by atoms with Crippen LogP contribution < -0.4 is 5.32 Å². The van der Waals surface area contributed by atoms with Crippen LogP contribution in [-0.4, -0.2) is 58.9 Å². The van der Waals surface area contributed by atoms with Gasteiger partial charge in [-0.25, -0.2) is 9.50 Å². The van der Waals surface area contributed by atoms with E-state index in [2.05, 4.69) is 39.4 Å². The number of allylic oxidation sites excluding steroid dienone is 1. The number of hydrogen-bond donors (Lipinski definition) is 1. The molecule has 3 heterocycles. The normalized spacial score (nSPS) is 15.4. The minimum Gasteiger partial charge on any atom is -0.379 e. The zero-order valence-corrected chi connectivity index (χ0v) is 16.4. The maximum atomic E-state index is 5.38. The maximum Gasteiger partial charge on any atom is 0.154 e. The van der Waals surface area contributed by atoms with Gasteiger partial charge in [0, 0.05) is 19.6 Å². The number of morpholine rings is 1. The van der Waals surface area contributed by atoms with E-state index in [1.165, 1.54) is 12.8 Å². The van der Waals surface area contributed by atoms with Gasteiger partial charge in [0.2, 0.25) is 0 Å². The van der Waals surface area contributed by atoms with E-state index >= 15 is 0 Å². The Hall–Kier alpha value is -1.63. The third kappa shape index (κ3) is 5.97. The molecule has 6 nitrogen and oxygen atoms in total. The number of rotatable bonds is 9. The van der Waals surface area contributed by atoms with Gasteiger partial charge in [-0.15, -0.1) is 17.5 Å². The van der Waals surface area contributed by atoms with Crippen LogP contribution in [0.1, 0.15) is 38.3 Å². The predicted octanol–water partition coefficient (Wildman–Crippen LogP) is 3.49. The van der Waals surface area contributed by atoms with Gasteiger partial charge in [0.15, 0.2) is 5.65 Å². The highest BCUT2D eigenvalue weighted by atomic mass is 35.5. The second-order valence-electron chi connectivity index (χ2n) is 6.45. The van der Waals surface area contributed by atoms with Crippen LogP contribution in [0.15, 0.2) is 24.4 Å². The second kappa shape index (κ2) is 11.2. The number of fused-ring (bicyclic) bond motifs is 1. The molecule has 0 aromatic carbocycles. The van der Waals surface area contributed by atoms with Crippen LogP contribution >= 0.6 is 12.4 Å². The van der Waals surface area contributed by atoms with E-state index in [0.29, 0.717) is 0 Å². The number of unbranched alkanes of at least 4 members (excludes halogenated alkanes) is 2. The number of imidazole rings is 1. The molecule has 0 atom stereocenters. The van der Waals surface area contributed by atoms with E-state index in [9.17, 15) is 0 Å². The summed E-state index contributed by atoms with van der Waals surface area (Å²) in [6.45, 7) is 8.06. The number of aromatic nitrogens is 3. The molecule has 0 saturated carbocycles. The Balaban J connectivity index is 0.00000243. The first-order chi connectivity index (χ1) is 12.4. The summed E-state index contributed by atoms with van der Waals surface area (Å²) in [6.07, 6.45) is 10.8. The predicted molar refractivity (Wildman–Crippen MR) is 109 cm³/mol. The minimum absolute atomic E-state index is 0. The van der Waals surface area contributed by atoms with Gasteiger partial charge in [0.1, 0.15) is 5.82 Å². The van der Waals surface area contributed by atoms with Crippen molar-refractivity contribution >= 4 is 29.9 Å². The third-order valence-electron chi connectivity index (χ3n) is 4.46. The highest BCUT2D eigenvalue weighted by Gasteiger charge is 2.09. The van der Waals surface area contributed by atoms with Gasteiger partial charge in [0.25, 0.3) is 0 Å². The zero-order chi connectivity index (χ0) is 17.3. The van der Waals surface area contributed by atoms with Gasteiger partial charge in [0.05, 0.1) is 25.1 Å². The lowest BCUT2D eigenvalue weighted by molar-refractivity contribution is 0.0378. The fraction of sp³-hybridized carbons (Fsp3) is 0.579. The smallest absolute Gasteiger partial charge is 0.154 e. The number of nitrogens with one attached hydrogen (secondary N) is 1. The average molecular weight is 380 g/mol. The van der Waals surface area contributed by atoms with Gasteiger partial charge in [-0.1, -0.05) is 25.8 Å². The fourth-order valence-electron chi connectivity index (χ4n) is 2.97. The SMILES string of the molecule is CCCC/C=C\c1cnc2ccc(NCCCN3CCOCC3)nn12.Cl. The molecule has 7 heteroatoms. The second-order valence-corrected chi connectivity index (χ2v) is 6.45. The lowest BCUT2D eigenvalue weighted by atomic mass is 10.2. The average Bonchev–Trinajstić information content (AvgIpc) is 3.06. The molecule has 2 aromatic heterocycles. The molecule has 26 heavy (non-hydrogen) atoms. The van der Waals surface area contributed by atoms with E-state index in [4.69, 9.17) is 4.74 Å². The number of hydrogen-bond acceptors (Lipinski definition) is 5. The number of halogens is 1. The summed E-state index contributed by atoms with van der Waals surface area (Å²) in [7, 11) is 0. The number of nitrogens with zero attached hydrogens (tertiary/aromatic N) is 4. The first kappa shape index (κ1) is 20.7. The van der Waals surface area contributed by atoms with Crippen molar-refractivity contribution in [3.63, 3.8) is 0 Å². The van der Waals surface area contributed by atoms with Crippen molar-refractivity contribution in [1.29, 1.82) is 0 Å². The molecular formula is C19H30ClN5O. The quantitative estimate of drug-likeness (QED) is 0.676. The Morgan fingerprint density at radius 2 is 2.08 bits per heavy atom. The van der Waals surface area contributed by atoms with Crippen LogP contribution in [0.5, 0.6) is 0 Å². The molecule has 0 bridgehead atoms. The molecule has 1 aliphatic rings. The van der Waals surface area contributed by atoms with E-state index in [1.807, 2.05) is 22.8 Å². The van der Waals surface area contributed by atoms with Crippen LogP contribution in [0.25, 0.3) is 11.7 Å². The van der Waals surface area contributed by atoms with Crippen molar-refractivity contribution in [2.75, 3.05) is 44.7 Å². The Morgan fingerprint density at radius 3 is 2.88 bits per heavy atom. The Bertz CT molecular complexity index is 682. The van der Waals surface area contributed by atoms with Crippen LogP contribution in [0.2, 0.25) is 0 Å². The van der Waals surface area contributed by atoms with Crippen LogP contribution in [0.3, 0.4) is 0 Å². The summed E-state index contributed by atoms with van der Waals surface area (Å²) < 4.78 is 7.29. The van der Waals surface area contributed by atoms with Crippen molar-refractivity contribution in [2.45, 2.75) is 32.6 Å². The van der Waals surface area contributed by atoms with Crippen LogP contribution in [0.4, 0.5) is 5.82 Å². The van der Waals surface area contributed by atoms with Gasteiger partial charge in [-0.05, 0) is 37.6 Å². The van der Waals surface area contributed by atoms with E-state index < -0.39 is 0 Å². The standard InChI is InChI=1S/C19H29N5O.ClH/c1-2-3-4-5-7-17-16-21-19-9-8-18(22-24(17)19)20-10-6-11-23-12-14-25-15-13-23;/h5,7-9,16H,2-4,6,10-15H2,1H3,(H,20,22);1H/b7-5-;. The topological polar surface area (TPSA) is 54.7 Å². The molecule has 0 amide bonds. The summed E-state index contributed by atoms with van der Waals surface area (Å²) in [5.41, 5.74) is 1.91. The summed E-state index contributed by atoms with van der Waals surface area (Å²) >= 11 is 0. The van der Waals surface area contributed by atoms with Gasteiger partial charge in [-0.2, -0.15) is 0 Å². The molecule has 0 aliphatic carbocycles. The Labute approximate surface area is 162 Å². The maximum absolute atomic E-state index is 5.38. The Morgan fingerprint density at radius 1 is 1.23 bits per heavy atom. The van der Waals surface area contributed by atoms with Gasteiger partial charge >= 0.3 is 0 Å². The minimum atomic E-state index is 0. The molecule has 0 unspecified atom stereocenters. The first-order valence-electron chi connectivity index (χ1n) is 9.42. The number of anilines is 1. The van der Waals surface area contributed by atoms with Crippen molar-refractivity contribution in [2.24, 2.45) is 0 Å². The molecular weight excluding hydrogens is 350 g/mol. The fourth-order valence-corrected chi connectivity index (χ4v) is 2.97. The van der Waals surface area contributed by atoms with Gasteiger partial charge < -0.3 is 10.1 Å². The molecule has 1 aliphatic heterocycles. The third-order valence-corrected chi connectivity index (χ3v) is 4.46. The molecule has 1 saturated heterocycles. The summed E-state index contributed by atoms with van der Waals surface area (Å²) in [4.78, 5) is 6.87. The van der Waals surface area contributed by atoms with Crippen molar-refractivity contribution in [3.05, 3.63) is 30.1 Å². The van der Waals surface area contributed by atoms with Crippen molar-refractivity contribution < 1.29 is 4.74 Å². The molecule has 144 valence electrons. The summed E-state index contributed by atoms with van der Waals surface area (Å²) in [6, 6.07) is 4.02.